The Bertz CT molecular complexity index is 628. The maximum atomic E-state index is 12.4. The van der Waals surface area contributed by atoms with Crippen LogP contribution in [0.4, 0.5) is 0 Å². The van der Waals surface area contributed by atoms with E-state index in [1.165, 1.54) is 0 Å². The largest absolute Gasteiger partial charge is 0.392 e. The fourth-order valence-corrected chi connectivity index (χ4v) is 2.75. The second-order valence-corrected chi connectivity index (χ2v) is 5.41. The number of carbonyl (C=O) groups excluding carboxylic acids is 1. The van der Waals surface area contributed by atoms with Crippen LogP contribution in [0.2, 0.25) is 0 Å². The van der Waals surface area contributed by atoms with Crippen molar-refractivity contribution in [1.82, 2.24) is 9.47 Å². The first-order valence-electron chi connectivity index (χ1n) is 7.21. The first kappa shape index (κ1) is 13.2. The van der Waals surface area contributed by atoms with Crippen LogP contribution in [0.1, 0.15) is 25.3 Å². The SMILES string of the molecule is CCN(C(=O)Cn1ccc2cc(CO)ccc21)C1CC1. The summed E-state index contributed by atoms with van der Waals surface area (Å²) in [7, 11) is 0. The second kappa shape index (κ2) is 5.29. The highest BCUT2D eigenvalue weighted by Crippen LogP contribution is 2.27. The number of carbonyl (C=O) groups is 1. The highest BCUT2D eigenvalue weighted by Gasteiger charge is 2.31. The van der Waals surface area contributed by atoms with Gasteiger partial charge < -0.3 is 14.6 Å². The zero-order chi connectivity index (χ0) is 14.1. The molecule has 0 unspecified atom stereocenters. The minimum absolute atomic E-state index is 0.0470. The number of aliphatic hydroxyl groups excluding tert-OH is 1. The third-order valence-electron chi connectivity index (χ3n) is 3.97. The maximum Gasteiger partial charge on any atom is 0.242 e. The molecule has 106 valence electrons. The Morgan fingerprint density at radius 3 is 2.85 bits per heavy atom. The Morgan fingerprint density at radius 2 is 2.20 bits per heavy atom. The Hall–Kier alpha value is -1.81. The summed E-state index contributed by atoms with van der Waals surface area (Å²) in [6.07, 6.45) is 4.24. The van der Waals surface area contributed by atoms with Gasteiger partial charge in [0.2, 0.25) is 5.91 Å². The Morgan fingerprint density at radius 1 is 1.40 bits per heavy atom. The quantitative estimate of drug-likeness (QED) is 0.906. The average molecular weight is 272 g/mol. The van der Waals surface area contributed by atoms with Crippen LogP contribution in [-0.2, 0) is 17.9 Å². The highest BCUT2D eigenvalue weighted by molar-refractivity contribution is 5.84. The van der Waals surface area contributed by atoms with Crippen molar-refractivity contribution >= 4 is 16.8 Å². The monoisotopic (exact) mass is 272 g/mol. The van der Waals surface area contributed by atoms with Crippen molar-refractivity contribution in [3.05, 3.63) is 36.0 Å². The number of rotatable bonds is 5. The topological polar surface area (TPSA) is 45.5 Å². The number of hydrogen-bond acceptors (Lipinski definition) is 2. The van der Waals surface area contributed by atoms with Gasteiger partial charge in [-0.3, -0.25) is 4.79 Å². The fraction of sp³-hybridized carbons (Fsp3) is 0.438. The van der Waals surface area contributed by atoms with E-state index >= 15 is 0 Å². The molecule has 0 spiro atoms. The molecule has 1 fully saturated rings. The van der Waals surface area contributed by atoms with E-state index < -0.39 is 0 Å². The molecule has 1 saturated carbocycles. The van der Waals surface area contributed by atoms with Crippen molar-refractivity contribution in [2.24, 2.45) is 0 Å². The molecule has 1 aromatic carbocycles. The summed E-state index contributed by atoms with van der Waals surface area (Å²) >= 11 is 0. The van der Waals surface area contributed by atoms with Gasteiger partial charge in [-0.1, -0.05) is 6.07 Å². The van der Waals surface area contributed by atoms with Crippen molar-refractivity contribution < 1.29 is 9.90 Å². The third-order valence-corrected chi connectivity index (χ3v) is 3.97. The van der Waals surface area contributed by atoms with E-state index in [-0.39, 0.29) is 12.5 Å². The van der Waals surface area contributed by atoms with Crippen molar-refractivity contribution in [3.8, 4) is 0 Å². The molecule has 1 aliphatic rings. The van der Waals surface area contributed by atoms with E-state index in [9.17, 15) is 4.79 Å². The molecule has 0 atom stereocenters. The standard InChI is InChI=1S/C16H20N2O2/c1-2-18(14-4-5-14)16(20)10-17-8-7-13-9-12(11-19)3-6-15(13)17/h3,6-9,14,19H,2,4-5,10-11H2,1H3. The molecule has 0 bridgehead atoms. The number of likely N-dealkylation sites (N-methyl/N-ethyl adjacent to an activating group) is 1. The van der Waals surface area contributed by atoms with Crippen LogP contribution in [-0.4, -0.2) is 33.1 Å². The van der Waals surface area contributed by atoms with Gasteiger partial charge in [0.05, 0.1) is 6.61 Å². The van der Waals surface area contributed by atoms with Gasteiger partial charge in [0.1, 0.15) is 6.54 Å². The molecule has 20 heavy (non-hydrogen) atoms. The van der Waals surface area contributed by atoms with Crippen LogP contribution < -0.4 is 0 Å². The van der Waals surface area contributed by atoms with Gasteiger partial charge in [0.25, 0.3) is 0 Å². The minimum Gasteiger partial charge on any atom is -0.392 e. The number of nitrogens with zero attached hydrogens (tertiary/aromatic N) is 2. The summed E-state index contributed by atoms with van der Waals surface area (Å²) in [5, 5.41) is 10.2. The lowest BCUT2D eigenvalue weighted by Gasteiger charge is -2.20. The summed E-state index contributed by atoms with van der Waals surface area (Å²) in [5.41, 5.74) is 1.94. The zero-order valence-corrected chi connectivity index (χ0v) is 11.7. The van der Waals surface area contributed by atoms with Gasteiger partial charge in [-0.2, -0.15) is 0 Å². The molecule has 4 nitrogen and oxygen atoms in total. The van der Waals surface area contributed by atoms with Gasteiger partial charge in [0, 0.05) is 24.3 Å². The molecule has 2 aromatic rings. The van der Waals surface area contributed by atoms with E-state index in [0.29, 0.717) is 12.6 Å². The fourth-order valence-electron chi connectivity index (χ4n) is 2.75. The van der Waals surface area contributed by atoms with Crippen LogP contribution >= 0.6 is 0 Å². The molecule has 1 aliphatic carbocycles. The van der Waals surface area contributed by atoms with Crippen LogP contribution in [0.5, 0.6) is 0 Å². The molecule has 4 heteroatoms. The predicted molar refractivity (Wildman–Crippen MR) is 78.3 cm³/mol. The number of benzene rings is 1. The summed E-state index contributed by atoms with van der Waals surface area (Å²) in [4.78, 5) is 14.3. The molecule has 0 saturated heterocycles. The molecule has 0 radical (unpaired) electrons. The second-order valence-electron chi connectivity index (χ2n) is 5.41. The maximum absolute atomic E-state index is 12.4. The minimum atomic E-state index is 0.0470. The molecule has 1 heterocycles. The zero-order valence-electron chi connectivity index (χ0n) is 11.7. The van der Waals surface area contributed by atoms with E-state index in [4.69, 9.17) is 5.11 Å². The first-order valence-corrected chi connectivity index (χ1v) is 7.21. The van der Waals surface area contributed by atoms with E-state index in [1.54, 1.807) is 0 Å². The number of fused-ring (bicyclic) bond motifs is 1. The van der Waals surface area contributed by atoms with Gasteiger partial charge in [-0.25, -0.2) is 0 Å². The van der Waals surface area contributed by atoms with Crippen LogP contribution in [0.3, 0.4) is 0 Å². The number of hydrogen-bond donors (Lipinski definition) is 1. The van der Waals surface area contributed by atoms with E-state index in [0.717, 1.165) is 35.9 Å². The molecule has 3 rings (SSSR count). The molecule has 1 N–H and O–H groups in total. The molecule has 1 amide bonds. The van der Waals surface area contributed by atoms with Crippen molar-refractivity contribution in [3.63, 3.8) is 0 Å². The van der Waals surface area contributed by atoms with E-state index in [1.807, 2.05) is 46.9 Å². The predicted octanol–water partition coefficient (Wildman–Crippen LogP) is 2.14. The van der Waals surface area contributed by atoms with Crippen LogP contribution in [0, 0.1) is 0 Å². The first-order chi connectivity index (χ1) is 9.72. The Kier molecular flexibility index (Phi) is 3.49. The molecule has 0 aliphatic heterocycles. The van der Waals surface area contributed by atoms with E-state index in [2.05, 4.69) is 0 Å². The lowest BCUT2D eigenvalue weighted by Crippen LogP contribution is -2.35. The third kappa shape index (κ3) is 2.43. The molecular weight excluding hydrogens is 252 g/mol. The summed E-state index contributed by atoms with van der Waals surface area (Å²) < 4.78 is 1.99. The summed E-state index contributed by atoms with van der Waals surface area (Å²) in [6, 6.07) is 8.31. The van der Waals surface area contributed by atoms with Crippen molar-refractivity contribution in [1.29, 1.82) is 0 Å². The van der Waals surface area contributed by atoms with Crippen molar-refractivity contribution in [2.45, 2.75) is 39.0 Å². The Labute approximate surface area is 118 Å². The number of aromatic nitrogens is 1. The van der Waals surface area contributed by atoms with Gasteiger partial charge in [-0.05, 0) is 48.9 Å². The summed E-state index contributed by atoms with van der Waals surface area (Å²) in [5.74, 6) is 0.193. The van der Waals surface area contributed by atoms with Gasteiger partial charge >= 0.3 is 0 Å². The van der Waals surface area contributed by atoms with Crippen LogP contribution in [0.15, 0.2) is 30.5 Å². The number of amides is 1. The van der Waals surface area contributed by atoms with Crippen LogP contribution in [0.25, 0.3) is 10.9 Å². The molecule has 1 aromatic heterocycles. The smallest absolute Gasteiger partial charge is 0.242 e. The lowest BCUT2D eigenvalue weighted by molar-refractivity contribution is -0.132. The number of aliphatic hydroxyl groups is 1. The normalized spacial score (nSPS) is 14.7. The van der Waals surface area contributed by atoms with Crippen molar-refractivity contribution in [2.75, 3.05) is 6.54 Å². The average Bonchev–Trinajstić information content (AvgIpc) is 3.21. The highest BCUT2D eigenvalue weighted by atomic mass is 16.3. The van der Waals surface area contributed by atoms with Gasteiger partial charge in [-0.15, -0.1) is 0 Å². The summed E-state index contributed by atoms with van der Waals surface area (Å²) in [6.45, 7) is 3.27. The Balaban J connectivity index is 1.81. The van der Waals surface area contributed by atoms with Gasteiger partial charge in [0.15, 0.2) is 0 Å². The molecular formula is C16H20N2O2. The lowest BCUT2D eigenvalue weighted by atomic mass is 10.2.